The maximum Gasteiger partial charge on any atom is 0.222 e. The van der Waals surface area contributed by atoms with Crippen molar-refractivity contribution in [2.75, 3.05) is 5.43 Å². The van der Waals surface area contributed by atoms with Gasteiger partial charge in [-0.15, -0.1) is 0 Å². The molecule has 0 amide bonds. The molecule has 5 heteroatoms. The van der Waals surface area contributed by atoms with Crippen LogP contribution in [0, 0.1) is 13.8 Å². The molecule has 0 saturated carbocycles. The Morgan fingerprint density at radius 2 is 1.76 bits per heavy atom. The lowest BCUT2D eigenvalue weighted by Gasteiger charge is -2.12. The van der Waals surface area contributed by atoms with Gasteiger partial charge in [0.2, 0.25) is 5.95 Å². The minimum absolute atomic E-state index is 0.630. The number of hydrazone groups is 1. The number of benzene rings is 3. The molecule has 2 heterocycles. The van der Waals surface area contributed by atoms with Crippen LogP contribution in [0.2, 0.25) is 0 Å². The molecule has 5 rings (SSSR count). The van der Waals surface area contributed by atoms with E-state index in [1.54, 1.807) is 0 Å². The number of aromatic amines is 1. The van der Waals surface area contributed by atoms with Gasteiger partial charge in [0.15, 0.2) is 0 Å². The lowest BCUT2D eigenvalue weighted by atomic mass is 10.1. The Balaban J connectivity index is 1.47. The molecule has 0 bridgehead atoms. The van der Waals surface area contributed by atoms with Crippen LogP contribution in [0.4, 0.5) is 5.95 Å². The van der Waals surface area contributed by atoms with Gasteiger partial charge in [-0.3, -0.25) is 0 Å². The summed E-state index contributed by atoms with van der Waals surface area (Å²) in [4.78, 5) is 7.70. The number of anilines is 1. The van der Waals surface area contributed by atoms with Gasteiger partial charge < -0.3 is 9.55 Å². The number of H-pyrrole nitrogens is 1. The highest BCUT2D eigenvalue weighted by Crippen LogP contribution is 2.27. The number of aromatic nitrogens is 3. The fourth-order valence-corrected chi connectivity index (χ4v) is 3.86. The highest BCUT2D eigenvalue weighted by molar-refractivity contribution is 5.91. The summed E-state index contributed by atoms with van der Waals surface area (Å²) >= 11 is 0. The summed E-state index contributed by atoms with van der Waals surface area (Å²) < 4.78 is 2.28. The second-order valence-electron chi connectivity index (χ2n) is 7.13. The zero-order valence-electron chi connectivity index (χ0n) is 16.3. The van der Waals surface area contributed by atoms with Gasteiger partial charge in [-0.25, -0.2) is 10.4 Å². The van der Waals surface area contributed by atoms with Crippen LogP contribution >= 0.6 is 0 Å². The van der Waals surface area contributed by atoms with Gasteiger partial charge in [0.25, 0.3) is 0 Å². The van der Waals surface area contributed by atoms with Crippen molar-refractivity contribution in [3.63, 3.8) is 0 Å². The van der Waals surface area contributed by atoms with Gasteiger partial charge >= 0.3 is 0 Å². The van der Waals surface area contributed by atoms with Crippen LogP contribution in [0.25, 0.3) is 27.5 Å². The molecule has 0 aliphatic carbocycles. The zero-order valence-corrected chi connectivity index (χ0v) is 16.3. The maximum atomic E-state index is 4.49. The molecule has 0 radical (unpaired) electrons. The predicted octanol–water partition coefficient (Wildman–Crippen LogP) is 5.57. The first-order chi connectivity index (χ1) is 14.2. The number of imidazole rings is 1. The summed E-state index contributed by atoms with van der Waals surface area (Å²) in [5.41, 5.74) is 9.47. The minimum Gasteiger partial charge on any atom is -0.323 e. The molecule has 5 nitrogen and oxygen atoms in total. The topological polar surface area (TPSA) is 58.0 Å². The molecular weight excluding hydrogens is 358 g/mol. The first-order valence-electron chi connectivity index (χ1n) is 9.61. The van der Waals surface area contributed by atoms with Crippen molar-refractivity contribution in [3.8, 4) is 5.69 Å². The Bertz CT molecular complexity index is 1320. The van der Waals surface area contributed by atoms with Gasteiger partial charge in [0, 0.05) is 22.3 Å². The number of nitrogens with one attached hydrogen (secondary N) is 2. The van der Waals surface area contributed by atoms with Crippen molar-refractivity contribution in [2.24, 2.45) is 5.10 Å². The summed E-state index contributed by atoms with van der Waals surface area (Å²) in [6.07, 6.45) is 1.84. The van der Waals surface area contributed by atoms with Crippen LogP contribution in [0.5, 0.6) is 0 Å². The van der Waals surface area contributed by atoms with E-state index in [2.05, 4.69) is 87.4 Å². The minimum atomic E-state index is 0.630. The van der Waals surface area contributed by atoms with Crippen molar-refractivity contribution < 1.29 is 0 Å². The SMILES string of the molecule is Cc1cc(/C=N\Nc2nc3ccccc3[nH]2)c(C)n1-c1cccc2ccccc12. The molecule has 0 unspecified atom stereocenters. The average molecular weight is 379 g/mol. The molecule has 2 aromatic heterocycles. The average Bonchev–Trinajstić information content (AvgIpc) is 3.28. The van der Waals surface area contributed by atoms with Crippen LogP contribution in [0.15, 0.2) is 77.9 Å². The first kappa shape index (κ1) is 17.3. The predicted molar refractivity (Wildman–Crippen MR) is 120 cm³/mol. The normalized spacial score (nSPS) is 11.7. The molecule has 29 heavy (non-hydrogen) atoms. The van der Waals surface area contributed by atoms with Gasteiger partial charge in [-0.2, -0.15) is 5.10 Å². The van der Waals surface area contributed by atoms with E-state index >= 15 is 0 Å². The summed E-state index contributed by atoms with van der Waals surface area (Å²) in [6.45, 7) is 4.25. The Morgan fingerprint density at radius 3 is 2.66 bits per heavy atom. The van der Waals surface area contributed by atoms with Crippen LogP contribution < -0.4 is 5.43 Å². The molecule has 142 valence electrons. The maximum absolute atomic E-state index is 4.49. The molecule has 0 spiro atoms. The molecular formula is C24H21N5. The summed E-state index contributed by atoms with van der Waals surface area (Å²) in [6, 6.07) is 25.0. The second kappa shape index (κ2) is 6.95. The lowest BCUT2D eigenvalue weighted by molar-refractivity contribution is 0.973. The molecule has 2 N–H and O–H groups in total. The van der Waals surface area contributed by atoms with Crippen LogP contribution in [-0.2, 0) is 0 Å². The molecule has 5 aromatic rings. The molecule has 0 atom stereocenters. The third-order valence-corrected chi connectivity index (χ3v) is 5.24. The molecule has 0 fully saturated rings. The number of aryl methyl sites for hydroxylation is 1. The lowest BCUT2D eigenvalue weighted by Crippen LogP contribution is -2.01. The highest BCUT2D eigenvalue weighted by atomic mass is 15.3. The standard InChI is InChI=1S/C24H21N5/c1-16-14-19(15-25-28-24-26-21-11-5-6-12-22(21)27-24)17(2)29(16)23-13-7-9-18-8-3-4-10-20(18)23/h3-15H,1-2H3,(H2,26,27,28)/b25-15-. The summed E-state index contributed by atoms with van der Waals surface area (Å²) in [5.74, 6) is 0.630. The van der Waals surface area contributed by atoms with E-state index < -0.39 is 0 Å². The largest absolute Gasteiger partial charge is 0.323 e. The third-order valence-electron chi connectivity index (χ3n) is 5.24. The van der Waals surface area contributed by atoms with Crippen molar-refractivity contribution in [3.05, 3.63) is 89.7 Å². The number of hydrogen-bond acceptors (Lipinski definition) is 3. The van der Waals surface area contributed by atoms with E-state index in [1.807, 2.05) is 30.5 Å². The van der Waals surface area contributed by atoms with E-state index in [0.717, 1.165) is 22.3 Å². The quantitative estimate of drug-likeness (QED) is 0.317. The summed E-state index contributed by atoms with van der Waals surface area (Å²) in [5, 5.41) is 6.87. The number of rotatable bonds is 4. The van der Waals surface area contributed by atoms with Gasteiger partial charge in [-0.1, -0.05) is 48.5 Å². The van der Waals surface area contributed by atoms with Crippen LogP contribution in [-0.4, -0.2) is 20.7 Å². The second-order valence-corrected chi connectivity index (χ2v) is 7.13. The monoisotopic (exact) mass is 379 g/mol. The smallest absolute Gasteiger partial charge is 0.222 e. The number of hydrogen-bond donors (Lipinski definition) is 2. The van der Waals surface area contributed by atoms with Gasteiger partial charge in [0.1, 0.15) is 0 Å². The molecule has 0 aliphatic rings. The van der Waals surface area contributed by atoms with Crippen LogP contribution in [0.3, 0.4) is 0 Å². The fraction of sp³-hybridized carbons (Fsp3) is 0.0833. The zero-order chi connectivity index (χ0) is 19.8. The van der Waals surface area contributed by atoms with E-state index in [1.165, 1.54) is 22.2 Å². The van der Waals surface area contributed by atoms with Crippen molar-refractivity contribution in [2.45, 2.75) is 13.8 Å². The third kappa shape index (κ3) is 3.06. The Hall–Kier alpha value is -3.86. The van der Waals surface area contributed by atoms with E-state index in [0.29, 0.717) is 5.95 Å². The van der Waals surface area contributed by atoms with Gasteiger partial charge in [0.05, 0.1) is 22.9 Å². The summed E-state index contributed by atoms with van der Waals surface area (Å²) in [7, 11) is 0. The van der Waals surface area contributed by atoms with Crippen molar-refractivity contribution in [1.29, 1.82) is 0 Å². The Morgan fingerprint density at radius 1 is 0.966 bits per heavy atom. The number of nitrogens with zero attached hydrogens (tertiary/aromatic N) is 3. The fourth-order valence-electron chi connectivity index (χ4n) is 3.86. The van der Waals surface area contributed by atoms with E-state index in [9.17, 15) is 0 Å². The van der Waals surface area contributed by atoms with Crippen LogP contribution in [0.1, 0.15) is 17.0 Å². The van der Waals surface area contributed by atoms with Crippen molar-refractivity contribution in [1.82, 2.24) is 14.5 Å². The first-order valence-corrected chi connectivity index (χ1v) is 9.61. The molecule has 0 saturated heterocycles. The molecule has 3 aromatic carbocycles. The van der Waals surface area contributed by atoms with Crippen molar-refractivity contribution >= 4 is 34.0 Å². The Kier molecular flexibility index (Phi) is 4.13. The van der Waals surface area contributed by atoms with E-state index in [-0.39, 0.29) is 0 Å². The number of para-hydroxylation sites is 2. The molecule has 0 aliphatic heterocycles. The highest BCUT2D eigenvalue weighted by Gasteiger charge is 2.11. The Labute approximate surface area is 168 Å². The number of fused-ring (bicyclic) bond motifs is 2. The van der Waals surface area contributed by atoms with Gasteiger partial charge in [-0.05, 0) is 43.5 Å². The van der Waals surface area contributed by atoms with E-state index in [4.69, 9.17) is 0 Å².